The Morgan fingerprint density at radius 1 is 1.00 bits per heavy atom. The standard InChI is InChI=1S/C15H26N2O/c18-14-10-8-6-4-2-1-3-5-7-9-11-15-16-12-13-17-15/h10,12-14,18H,1-9,11H2,(H,16,17). The van der Waals surface area contributed by atoms with Crippen LogP contribution in [0.1, 0.15) is 63.6 Å². The first-order valence-corrected chi connectivity index (χ1v) is 7.21. The Hall–Kier alpha value is -1.25. The summed E-state index contributed by atoms with van der Waals surface area (Å²) in [6.07, 6.45) is 19.2. The van der Waals surface area contributed by atoms with Gasteiger partial charge in [0, 0.05) is 18.8 Å². The van der Waals surface area contributed by atoms with Gasteiger partial charge >= 0.3 is 0 Å². The highest BCUT2D eigenvalue weighted by Gasteiger charge is 1.95. The highest BCUT2D eigenvalue weighted by atomic mass is 16.2. The summed E-state index contributed by atoms with van der Waals surface area (Å²) in [4.78, 5) is 7.36. The highest BCUT2D eigenvalue weighted by molar-refractivity contribution is 4.86. The first kappa shape index (κ1) is 14.8. The molecule has 0 amide bonds. The van der Waals surface area contributed by atoms with Crippen LogP contribution >= 0.6 is 0 Å². The van der Waals surface area contributed by atoms with Crippen LogP contribution in [0, 0.1) is 0 Å². The fourth-order valence-corrected chi connectivity index (χ4v) is 2.12. The SMILES string of the molecule is OC=CCCCCCCCCCCc1ncc[nH]1. The lowest BCUT2D eigenvalue weighted by Gasteiger charge is -2.01. The molecule has 0 fully saturated rings. The van der Waals surface area contributed by atoms with Crippen LogP contribution in [0.2, 0.25) is 0 Å². The minimum Gasteiger partial charge on any atom is -0.516 e. The molecule has 0 bridgehead atoms. The van der Waals surface area contributed by atoms with Crippen LogP contribution in [-0.2, 0) is 6.42 Å². The van der Waals surface area contributed by atoms with E-state index in [4.69, 9.17) is 5.11 Å². The van der Waals surface area contributed by atoms with E-state index in [0.717, 1.165) is 24.9 Å². The number of aromatic amines is 1. The van der Waals surface area contributed by atoms with Crippen molar-refractivity contribution in [2.45, 2.75) is 64.2 Å². The van der Waals surface area contributed by atoms with Crippen molar-refractivity contribution < 1.29 is 5.11 Å². The molecule has 102 valence electrons. The minimum absolute atomic E-state index is 1.01. The molecule has 3 heteroatoms. The molecule has 0 atom stereocenters. The maximum atomic E-state index is 8.47. The summed E-state index contributed by atoms with van der Waals surface area (Å²) >= 11 is 0. The van der Waals surface area contributed by atoms with Gasteiger partial charge in [-0.2, -0.15) is 0 Å². The summed E-state index contributed by atoms with van der Waals surface area (Å²) in [5.41, 5.74) is 0. The molecule has 1 rings (SSSR count). The molecule has 1 aromatic rings. The second kappa shape index (κ2) is 10.9. The third kappa shape index (κ3) is 7.93. The number of unbranched alkanes of at least 4 members (excludes halogenated alkanes) is 8. The molecule has 1 heterocycles. The lowest BCUT2D eigenvalue weighted by molar-refractivity contribution is 0.469. The van der Waals surface area contributed by atoms with E-state index in [0.29, 0.717) is 0 Å². The van der Waals surface area contributed by atoms with Crippen molar-refractivity contribution in [2.24, 2.45) is 0 Å². The molecule has 0 aromatic carbocycles. The van der Waals surface area contributed by atoms with Crippen molar-refractivity contribution in [2.75, 3.05) is 0 Å². The van der Waals surface area contributed by atoms with Gasteiger partial charge in [0.15, 0.2) is 0 Å². The van der Waals surface area contributed by atoms with E-state index in [1.807, 2.05) is 18.5 Å². The third-order valence-corrected chi connectivity index (χ3v) is 3.19. The maximum Gasteiger partial charge on any atom is 0.105 e. The third-order valence-electron chi connectivity index (χ3n) is 3.19. The number of aliphatic hydroxyl groups excluding tert-OH is 1. The Kier molecular flexibility index (Phi) is 8.95. The van der Waals surface area contributed by atoms with Crippen molar-refractivity contribution in [3.05, 3.63) is 30.6 Å². The minimum atomic E-state index is 1.01. The van der Waals surface area contributed by atoms with E-state index in [-0.39, 0.29) is 0 Å². The summed E-state index contributed by atoms with van der Waals surface area (Å²) in [6.45, 7) is 0. The number of rotatable bonds is 11. The van der Waals surface area contributed by atoms with Gasteiger partial charge < -0.3 is 10.1 Å². The lowest BCUT2D eigenvalue weighted by atomic mass is 10.1. The second-order valence-corrected chi connectivity index (χ2v) is 4.79. The van der Waals surface area contributed by atoms with Gasteiger partial charge in [0.25, 0.3) is 0 Å². The van der Waals surface area contributed by atoms with Gasteiger partial charge in [0.1, 0.15) is 5.82 Å². The maximum absolute atomic E-state index is 8.47. The molecule has 0 spiro atoms. The van der Waals surface area contributed by atoms with Crippen molar-refractivity contribution in [1.29, 1.82) is 0 Å². The number of hydrogen-bond acceptors (Lipinski definition) is 2. The van der Waals surface area contributed by atoms with Crippen LogP contribution in [0.5, 0.6) is 0 Å². The van der Waals surface area contributed by atoms with E-state index in [1.54, 1.807) is 0 Å². The normalized spacial score (nSPS) is 11.3. The molecule has 0 aliphatic heterocycles. The summed E-state index contributed by atoms with van der Waals surface area (Å²) in [6, 6.07) is 0. The predicted octanol–water partition coefficient (Wildman–Crippen LogP) is 4.53. The zero-order valence-corrected chi connectivity index (χ0v) is 11.3. The predicted molar refractivity (Wildman–Crippen MR) is 75.6 cm³/mol. The van der Waals surface area contributed by atoms with Crippen LogP contribution in [0.3, 0.4) is 0 Å². The van der Waals surface area contributed by atoms with E-state index in [1.165, 1.54) is 51.4 Å². The average Bonchev–Trinajstić information content (AvgIpc) is 2.89. The second-order valence-electron chi connectivity index (χ2n) is 4.79. The largest absolute Gasteiger partial charge is 0.516 e. The number of aromatic nitrogens is 2. The van der Waals surface area contributed by atoms with Gasteiger partial charge in [0.2, 0.25) is 0 Å². The quantitative estimate of drug-likeness (QED) is 0.447. The van der Waals surface area contributed by atoms with Gasteiger partial charge in [-0.3, -0.25) is 0 Å². The van der Waals surface area contributed by atoms with E-state index >= 15 is 0 Å². The van der Waals surface area contributed by atoms with Crippen LogP contribution in [0.4, 0.5) is 0 Å². The van der Waals surface area contributed by atoms with Gasteiger partial charge in [-0.25, -0.2) is 4.98 Å². The van der Waals surface area contributed by atoms with Crippen LogP contribution in [0.25, 0.3) is 0 Å². The monoisotopic (exact) mass is 250 g/mol. The van der Waals surface area contributed by atoms with Crippen LogP contribution in [0.15, 0.2) is 24.7 Å². The molecular weight excluding hydrogens is 224 g/mol. The first-order valence-electron chi connectivity index (χ1n) is 7.21. The van der Waals surface area contributed by atoms with E-state index < -0.39 is 0 Å². The Morgan fingerprint density at radius 2 is 1.67 bits per heavy atom. The average molecular weight is 250 g/mol. The van der Waals surface area contributed by atoms with Gasteiger partial charge in [-0.1, -0.05) is 44.6 Å². The molecule has 18 heavy (non-hydrogen) atoms. The van der Waals surface area contributed by atoms with E-state index in [2.05, 4.69) is 9.97 Å². The van der Waals surface area contributed by atoms with Crippen molar-refractivity contribution in [1.82, 2.24) is 9.97 Å². The molecule has 1 aromatic heterocycles. The van der Waals surface area contributed by atoms with Gasteiger partial charge in [-0.05, 0) is 19.3 Å². The van der Waals surface area contributed by atoms with Gasteiger partial charge in [-0.15, -0.1) is 0 Å². The summed E-state index contributed by atoms with van der Waals surface area (Å²) in [7, 11) is 0. The molecule has 0 radical (unpaired) electrons. The molecule has 0 saturated carbocycles. The fourth-order valence-electron chi connectivity index (χ4n) is 2.12. The van der Waals surface area contributed by atoms with Crippen LogP contribution < -0.4 is 0 Å². The topological polar surface area (TPSA) is 48.9 Å². The molecule has 0 saturated heterocycles. The van der Waals surface area contributed by atoms with E-state index in [9.17, 15) is 0 Å². The van der Waals surface area contributed by atoms with Crippen molar-refractivity contribution in [3.63, 3.8) is 0 Å². The summed E-state index contributed by atoms with van der Waals surface area (Å²) < 4.78 is 0. The molecule has 0 unspecified atom stereocenters. The Morgan fingerprint density at radius 3 is 2.28 bits per heavy atom. The first-order chi connectivity index (χ1) is 8.93. The molecule has 3 nitrogen and oxygen atoms in total. The number of allylic oxidation sites excluding steroid dienone is 1. The number of nitrogens with zero attached hydrogens (tertiary/aromatic N) is 1. The summed E-state index contributed by atoms with van der Waals surface area (Å²) in [5.74, 6) is 1.12. The zero-order valence-electron chi connectivity index (χ0n) is 11.3. The Balaban J connectivity index is 1.76. The number of hydrogen-bond donors (Lipinski definition) is 2. The fraction of sp³-hybridized carbons (Fsp3) is 0.667. The number of aryl methyl sites for hydroxylation is 1. The number of imidazole rings is 1. The Bertz CT molecular complexity index is 293. The lowest BCUT2D eigenvalue weighted by Crippen LogP contribution is -1.88. The van der Waals surface area contributed by atoms with Crippen molar-refractivity contribution in [3.8, 4) is 0 Å². The van der Waals surface area contributed by atoms with Gasteiger partial charge in [0.05, 0.1) is 6.26 Å². The van der Waals surface area contributed by atoms with Crippen molar-refractivity contribution >= 4 is 0 Å². The number of H-pyrrole nitrogens is 1. The highest BCUT2D eigenvalue weighted by Crippen LogP contribution is 2.10. The zero-order chi connectivity index (χ0) is 12.9. The van der Waals surface area contributed by atoms with Crippen LogP contribution in [-0.4, -0.2) is 15.1 Å². The molecular formula is C15H26N2O. The smallest absolute Gasteiger partial charge is 0.105 e. The number of nitrogens with one attached hydrogen (secondary N) is 1. The molecule has 0 aliphatic carbocycles. The molecule has 2 N–H and O–H groups in total. The Labute approximate surface area is 110 Å². The number of aliphatic hydroxyl groups is 1. The molecule has 0 aliphatic rings. The summed E-state index contributed by atoms with van der Waals surface area (Å²) in [5, 5.41) is 8.47.